The maximum Gasteiger partial charge on any atom is 0.338 e. The molecule has 0 aromatic heterocycles. The fourth-order valence-electron chi connectivity index (χ4n) is 4.84. The fourth-order valence-corrected chi connectivity index (χ4v) is 4.84. The highest BCUT2D eigenvalue weighted by atomic mass is 19.1. The Hall–Kier alpha value is -2.94. The molecule has 1 aliphatic carbocycles. The van der Waals surface area contributed by atoms with Crippen LogP contribution in [0.3, 0.4) is 0 Å². The van der Waals surface area contributed by atoms with Crippen LogP contribution in [0.2, 0.25) is 0 Å². The maximum absolute atomic E-state index is 13.6. The normalized spacial score (nSPS) is 23.7. The van der Waals surface area contributed by atoms with Crippen molar-refractivity contribution in [1.82, 2.24) is 20.0 Å². The van der Waals surface area contributed by atoms with Crippen LogP contribution in [0.25, 0.3) is 0 Å². The predicted molar refractivity (Wildman–Crippen MR) is 124 cm³/mol. The number of rotatable bonds is 7. The smallest absolute Gasteiger partial charge is 0.338 e. The van der Waals surface area contributed by atoms with Crippen molar-refractivity contribution in [3.63, 3.8) is 0 Å². The highest BCUT2D eigenvalue weighted by Crippen LogP contribution is 2.34. The van der Waals surface area contributed by atoms with Gasteiger partial charge in [0.1, 0.15) is 5.82 Å². The van der Waals surface area contributed by atoms with Gasteiger partial charge in [0.2, 0.25) is 5.91 Å². The van der Waals surface area contributed by atoms with E-state index in [1.807, 2.05) is 18.7 Å². The van der Waals surface area contributed by atoms with Gasteiger partial charge in [-0.2, -0.15) is 0 Å². The first-order valence-corrected chi connectivity index (χ1v) is 12.1. The van der Waals surface area contributed by atoms with Crippen molar-refractivity contribution in [1.29, 1.82) is 0 Å². The lowest BCUT2D eigenvalue weighted by molar-refractivity contribution is -0.139. The summed E-state index contributed by atoms with van der Waals surface area (Å²) in [7, 11) is 0. The lowest BCUT2D eigenvalue weighted by atomic mass is 9.94. The minimum absolute atomic E-state index is 0.0499. The number of esters is 1. The van der Waals surface area contributed by atoms with Crippen molar-refractivity contribution in [3.05, 3.63) is 46.9 Å². The van der Waals surface area contributed by atoms with E-state index in [2.05, 4.69) is 10.2 Å². The Morgan fingerprint density at radius 3 is 2.44 bits per heavy atom. The standard InChI is InChI=1S/C25H33FN4O4/c1-4-29-20(15-28-12-13-30(16(3)14-28)23(31)18-6-7-18)21(24(32)34-5-2)22(27-25(29)33)17-8-10-19(26)11-9-17/h8-11,16,18,22H,4-7,12-15H2,1-3H3,(H,27,33)/t16-,22-/m1/s1. The summed E-state index contributed by atoms with van der Waals surface area (Å²) in [6, 6.07) is 4.78. The van der Waals surface area contributed by atoms with Crippen LogP contribution in [0, 0.1) is 11.7 Å². The van der Waals surface area contributed by atoms with Crippen LogP contribution in [0.15, 0.2) is 35.5 Å². The number of hydrogen-bond acceptors (Lipinski definition) is 5. The Bertz CT molecular complexity index is 976. The molecule has 2 heterocycles. The monoisotopic (exact) mass is 472 g/mol. The molecule has 0 unspecified atom stereocenters. The van der Waals surface area contributed by atoms with Gasteiger partial charge in [-0.25, -0.2) is 14.0 Å². The third-order valence-electron chi connectivity index (χ3n) is 6.75. The van der Waals surface area contributed by atoms with Gasteiger partial charge in [-0.3, -0.25) is 14.6 Å². The molecule has 9 heteroatoms. The first-order valence-electron chi connectivity index (χ1n) is 12.1. The highest BCUT2D eigenvalue weighted by molar-refractivity contribution is 5.95. The number of benzene rings is 1. The molecule has 34 heavy (non-hydrogen) atoms. The van der Waals surface area contributed by atoms with Crippen LogP contribution in [0.5, 0.6) is 0 Å². The summed E-state index contributed by atoms with van der Waals surface area (Å²) in [6.45, 7) is 8.53. The molecule has 1 N–H and O–H groups in total. The Morgan fingerprint density at radius 2 is 1.85 bits per heavy atom. The molecule has 0 bridgehead atoms. The maximum atomic E-state index is 13.6. The number of nitrogens with one attached hydrogen (secondary N) is 1. The number of amides is 3. The van der Waals surface area contributed by atoms with Gasteiger partial charge in [-0.1, -0.05) is 12.1 Å². The Morgan fingerprint density at radius 1 is 1.15 bits per heavy atom. The second-order valence-electron chi connectivity index (χ2n) is 9.15. The topological polar surface area (TPSA) is 82.2 Å². The quantitative estimate of drug-likeness (QED) is 0.617. The second kappa shape index (κ2) is 10.1. The van der Waals surface area contributed by atoms with E-state index >= 15 is 0 Å². The molecule has 4 rings (SSSR count). The van der Waals surface area contributed by atoms with E-state index in [4.69, 9.17) is 4.74 Å². The van der Waals surface area contributed by atoms with Crippen molar-refractivity contribution in [2.45, 2.75) is 45.7 Å². The number of hydrogen-bond donors (Lipinski definition) is 1. The first-order chi connectivity index (χ1) is 16.3. The largest absolute Gasteiger partial charge is 0.463 e. The van der Waals surface area contributed by atoms with E-state index < -0.39 is 17.8 Å². The molecule has 1 aromatic carbocycles. The summed E-state index contributed by atoms with van der Waals surface area (Å²) in [6.07, 6.45) is 1.96. The summed E-state index contributed by atoms with van der Waals surface area (Å²) in [5.74, 6) is -0.472. The van der Waals surface area contributed by atoms with Crippen LogP contribution in [-0.4, -0.2) is 78.0 Å². The zero-order valence-electron chi connectivity index (χ0n) is 20.1. The van der Waals surface area contributed by atoms with Crippen molar-refractivity contribution in [3.8, 4) is 0 Å². The van der Waals surface area contributed by atoms with Crippen molar-refractivity contribution < 1.29 is 23.5 Å². The van der Waals surface area contributed by atoms with Crippen LogP contribution in [0.1, 0.15) is 45.2 Å². The molecular formula is C25H33FN4O4. The molecule has 3 amide bonds. The SMILES string of the molecule is CCOC(=O)C1=C(CN2CCN(C(=O)C3CC3)[C@H](C)C2)N(CC)C(=O)N[C@@H]1c1ccc(F)cc1. The molecule has 0 spiro atoms. The Balaban J connectivity index is 1.65. The van der Waals surface area contributed by atoms with Crippen molar-refractivity contribution in [2.24, 2.45) is 5.92 Å². The number of urea groups is 1. The van der Waals surface area contributed by atoms with E-state index in [1.165, 1.54) is 12.1 Å². The highest BCUT2D eigenvalue weighted by Gasteiger charge is 2.40. The third-order valence-corrected chi connectivity index (χ3v) is 6.75. The number of halogens is 1. The second-order valence-corrected chi connectivity index (χ2v) is 9.15. The molecule has 0 radical (unpaired) electrons. The Labute approximate surface area is 199 Å². The molecule has 1 aromatic rings. The Kier molecular flexibility index (Phi) is 7.21. The summed E-state index contributed by atoms with van der Waals surface area (Å²) in [5.41, 5.74) is 1.56. The van der Waals surface area contributed by atoms with Gasteiger partial charge >= 0.3 is 12.0 Å². The number of piperazine rings is 1. The fraction of sp³-hybridized carbons (Fsp3) is 0.560. The van der Waals surface area contributed by atoms with Gasteiger partial charge in [0.15, 0.2) is 0 Å². The summed E-state index contributed by atoms with van der Waals surface area (Å²) in [5, 5.41) is 2.89. The predicted octanol–water partition coefficient (Wildman–Crippen LogP) is 2.67. The molecule has 8 nitrogen and oxygen atoms in total. The van der Waals surface area contributed by atoms with Crippen LogP contribution < -0.4 is 5.32 Å². The van der Waals surface area contributed by atoms with Crippen molar-refractivity contribution >= 4 is 17.9 Å². The average molecular weight is 473 g/mol. The van der Waals surface area contributed by atoms with Gasteiger partial charge in [-0.15, -0.1) is 0 Å². The van der Waals surface area contributed by atoms with Gasteiger partial charge in [0.05, 0.1) is 18.2 Å². The van der Waals surface area contributed by atoms with E-state index in [9.17, 15) is 18.8 Å². The van der Waals surface area contributed by atoms with E-state index in [-0.39, 0.29) is 30.5 Å². The third kappa shape index (κ3) is 4.94. The molecule has 184 valence electrons. The van der Waals surface area contributed by atoms with Gasteiger partial charge in [-0.05, 0) is 51.3 Å². The lowest BCUT2D eigenvalue weighted by Gasteiger charge is -2.43. The number of ether oxygens (including phenoxy) is 1. The average Bonchev–Trinajstić information content (AvgIpc) is 3.65. The van der Waals surface area contributed by atoms with E-state index in [1.54, 1.807) is 24.0 Å². The molecule has 2 atom stereocenters. The van der Waals surface area contributed by atoms with Crippen LogP contribution in [0.4, 0.5) is 9.18 Å². The first kappa shape index (κ1) is 24.2. The summed E-state index contributed by atoms with van der Waals surface area (Å²) >= 11 is 0. The van der Waals surface area contributed by atoms with E-state index in [0.29, 0.717) is 49.6 Å². The van der Waals surface area contributed by atoms with Gasteiger partial charge in [0, 0.05) is 50.4 Å². The number of carbonyl (C=O) groups excluding carboxylic acids is 3. The van der Waals surface area contributed by atoms with Crippen LogP contribution >= 0.6 is 0 Å². The minimum atomic E-state index is -0.736. The number of carbonyl (C=O) groups is 3. The molecule has 2 aliphatic heterocycles. The van der Waals surface area contributed by atoms with E-state index in [0.717, 1.165) is 12.8 Å². The molecule has 1 saturated heterocycles. The number of nitrogens with zero attached hydrogens (tertiary/aromatic N) is 3. The molecule has 1 saturated carbocycles. The summed E-state index contributed by atoms with van der Waals surface area (Å²) < 4.78 is 18.9. The molecule has 2 fully saturated rings. The number of likely N-dealkylation sites (N-methyl/N-ethyl adjacent to an activating group) is 1. The van der Waals surface area contributed by atoms with Crippen LogP contribution in [-0.2, 0) is 14.3 Å². The minimum Gasteiger partial charge on any atom is -0.463 e. The summed E-state index contributed by atoms with van der Waals surface area (Å²) in [4.78, 5) is 44.5. The van der Waals surface area contributed by atoms with Crippen molar-refractivity contribution in [2.75, 3.05) is 39.3 Å². The van der Waals surface area contributed by atoms with Gasteiger partial charge < -0.3 is 15.0 Å². The zero-order chi connectivity index (χ0) is 24.4. The zero-order valence-corrected chi connectivity index (χ0v) is 20.1. The lowest BCUT2D eigenvalue weighted by Crippen LogP contribution is -2.56. The van der Waals surface area contributed by atoms with Gasteiger partial charge in [0.25, 0.3) is 0 Å². The molecular weight excluding hydrogens is 439 g/mol. The molecule has 3 aliphatic rings.